The minimum absolute atomic E-state index is 1.23. The Morgan fingerprint density at radius 2 is 0.778 bits per heavy atom. The molecule has 0 unspecified atom stereocenters. The SMILES string of the molecule is c1ccc(-c2ccc3c(-c4ccccc4)c4ccccc4c(-c4ccc5ccccc5c4)c3c2)cc1. The number of fused-ring (bicyclic) bond motifs is 3. The largest absolute Gasteiger partial charge is 0.0622 e. The second-order valence-corrected chi connectivity index (χ2v) is 9.35. The Bertz CT molecular complexity index is 1860. The molecular formula is C36H24. The van der Waals surface area contributed by atoms with Crippen molar-refractivity contribution in [1.29, 1.82) is 0 Å². The van der Waals surface area contributed by atoms with Gasteiger partial charge >= 0.3 is 0 Å². The molecule has 0 saturated carbocycles. The molecule has 0 aliphatic heterocycles. The number of benzene rings is 7. The zero-order valence-corrected chi connectivity index (χ0v) is 19.9. The summed E-state index contributed by atoms with van der Waals surface area (Å²) in [5.41, 5.74) is 7.56. The maximum atomic E-state index is 2.38. The second kappa shape index (κ2) is 8.52. The fraction of sp³-hybridized carbons (Fsp3) is 0. The highest BCUT2D eigenvalue weighted by Crippen LogP contribution is 2.45. The molecule has 0 N–H and O–H groups in total. The molecule has 0 amide bonds. The van der Waals surface area contributed by atoms with E-state index in [1.54, 1.807) is 0 Å². The van der Waals surface area contributed by atoms with Crippen molar-refractivity contribution in [2.75, 3.05) is 0 Å². The molecule has 168 valence electrons. The van der Waals surface area contributed by atoms with Crippen molar-refractivity contribution in [2.24, 2.45) is 0 Å². The molecule has 0 bridgehead atoms. The highest BCUT2D eigenvalue weighted by Gasteiger charge is 2.17. The van der Waals surface area contributed by atoms with Crippen LogP contribution in [-0.2, 0) is 0 Å². The molecule has 0 aromatic heterocycles. The minimum atomic E-state index is 1.23. The standard InChI is InChI=1S/C36H24/c1-3-11-25(12-4-1)29-21-22-33-34(24-29)36(30-20-19-26-13-7-8-16-28(26)23-30)32-18-10-9-17-31(32)35(33)27-14-5-2-6-15-27/h1-24H. The van der Waals surface area contributed by atoms with Crippen LogP contribution in [0.3, 0.4) is 0 Å². The minimum Gasteiger partial charge on any atom is -0.0622 e. The Kier molecular flexibility index (Phi) is 4.89. The van der Waals surface area contributed by atoms with Gasteiger partial charge in [-0.2, -0.15) is 0 Å². The third-order valence-electron chi connectivity index (χ3n) is 7.23. The van der Waals surface area contributed by atoms with Crippen LogP contribution in [0.1, 0.15) is 0 Å². The van der Waals surface area contributed by atoms with Gasteiger partial charge in [-0.05, 0) is 77.8 Å². The van der Waals surface area contributed by atoms with E-state index in [0.29, 0.717) is 0 Å². The van der Waals surface area contributed by atoms with Crippen LogP contribution in [0.5, 0.6) is 0 Å². The molecule has 0 aliphatic carbocycles. The van der Waals surface area contributed by atoms with Gasteiger partial charge in [-0.1, -0.05) is 133 Å². The van der Waals surface area contributed by atoms with Crippen LogP contribution in [0.2, 0.25) is 0 Å². The summed E-state index contributed by atoms with van der Waals surface area (Å²) in [5.74, 6) is 0. The first-order valence-corrected chi connectivity index (χ1v) is 12.5. The summed E-state index contributed by atoms with van der Waals surface area (Å²) in [5, 5.41) is 7.66. The Hall–Kier alpha value is -4.68. The first kappa shape index (κ1) is 20.7. The highest BCUT2D eigenvalue weighted by molar-refractivity contribution is 6.22. The van der Waals surface area contributed by atoms with Crippen LogP contribution in [0, 0.1) is 0 Å². The van der Waals surface area contributed by atoms with Crippen molar-refractivity contribution >= 4 is 32.3 Å². The van der Waals surface area contributed by atoms with Gasteiger partial charge in [-0.15, -0.1) is 0 Å². The topological polar surface area (TPSA) is 0 Å². The van der Waals surface area contributed by atoms with Crippen molar-refractivity contribution in [3.8, 4) is 33.4 Å². The number of rotatable bonds is 3. The summed E-state index contributed by atoms with van der Waals surface area (Å²) in [6.45, 7) is 0. The molecule has 7 aromatic rings. The van der Waals surface area contributed by atoms with Gasteiger partial charge in [0.1, 0.15) is 0 Å². The Morgan fingerprint density at radius 1 is 0.250 bits per heavy atom. The van der Waals surface area contributed by atoms with E-state index in [9.17, 15) is 0 Å². The Morgan fingerprint density at radius 3 is 1.50 bits per heavy atom. The fourth-order valence-corrected chi connectivity index (χ4v) is 5.56. The molecule has 0 heterocycles. The average Bonchev–Trinajstić information content (AvgIpc) is 2.96. The lowest BCUT2D eigenvalue weighted by atomic mass is 9.84. The van der Waals surface area contributed by atoms with Gasteiger partial charge in [0, 0.05) is 0 Å². The lowest BCUT2D eigenvalue weighted by Gasteiger charge is -2.19. The molecule has 7 rings (SSSR count). The van der Waals surface area contributed by atoms with E-state index >= 15 is 0 Å². The third kappa shape index (κ3) is 3.39. The summed E-state index contributed by atoms with van der Waals surface area (Å²) < 4.78 is 0. The van der Waals surface area contributed by atoms with Gasteiger partial charge in [-0.25, -0.2) is 0 Å². The first-order valence-electron chi connectivity index (χ1n) is 12.5. The quantitative estimate of drug-likeness (QED) is 0.232. The smallest absolute Gasteiger partial charge is 0.00259 e. The highest BCUT2D eigenvalue weighted by atomic mass is 14.2. The van der Waals surface area contributed by atoms with Crippen molar-refractivity contribution in [3.63, 3.8) is 0 Å². The normalized spacial score (nSPS) is 11.3. The third-order valence-corrected chi connectivity index (χ3v) is 7.23. The molecule has 0 heteroatoms. The van der Waals surface area contributed by atoms with Crippen LogP contribution in [0.4, 0.5) is 0 Å². The number of hydrogen-bond acceptors (Lipinski definition) is 0. The van der Waals surface area contributed by atoms with Gasteiger partial charge in [0.25, 0.3) is 0 Å². The first-order chi connectivity index (χ1) is 17.9. The van der Waals surface area contributed by atoms with E-state index in [-0.39, 0.29) is 0 Å². The molecular weight excluding hydrogens is 432 g/mol. The molecule has 0 spiro atoms. The molecule has 0 aliphatic rings. The molecule has 0 radical (unpaired) electrons. The van der Waals surface area contributed by atoms with E-state index in [1.165, 1.54) is 65.7 Å². The van der Waals surface area contributed by atoms with E-state index < -0.39 is 0 Å². The molecule has 7 aromatic carbocycles. The van der Waals surface area contributed by atoms with Crippen LogP contribution in [-0.4, -0.2) is 0 Å². The monoisotopic (exact) mass is 456 g/mol. The van der Waals surface area contributed by atoms with Gasteiger partial charge < -0.3 is 0 Å². The van der Waals surface area contributed by atoms with Gasteiger partial charge in [0.05, 0.1) is 0 Å². The molecule has 0 atom stereocenters. The second-order valence-electron chi connectivity index (χ2n) is 9.35. The number of hydrogen-bond donors (Lipinski definition) is 0. The van der Waals surface area contributed by atoms with Crippen molar-refractivity contribution < 1.29 is 0 Å². The Balaban J connectivity index is 1.64. The van der Waals surface area contributed by atoms with Gasteiger partial charge in [-0.3, -0.25) is 0 Å². The van der Waals surface area contributed by atoms with Crippen molar-refractivity contribution in [2.45, 2.75) is 0 Å². The predicted octanol–water partition coefficient (Wildman–Crippen LogP) is 10.1. The molecule has 0 nitrogen and oxygen atoms in total. The maximum Gasteiger partial charge on any atom is -0.00259 e. The summed E-state index contributed by atoms with van der Waals surface area (Å²) >= 11 is 0. The van der Waals surface area contributed by atoms with Gasteiger partial charge in [0.2, 0.25) is 0 Å². The van der Waals surface area contributed by atoms with Crippen molar-refractivity contribution in [3.05, 3.63) is 146 Å². The zero-order valence-electron chi connectivity index (χ0n) is 19.9. The molecule has 0 saturated heterocycles. The fourth-order valence-electron chi connectivity index (χ4n) is 5.56. The van der Waals surface area contributed by atoms with Crippen LogP contribution >= 0.6 is 0 Å². The predicted molar refractivity (Wildman–Crippen MR) is 155 cm³/mol. The Labute approximate surface area is 211 Å². The summed E-state index contributed by atoms with van der Waals surface area (Å²) in [7, 11) is 0. The van der Waals surface area contributed by atoms with Crippen molar-refractivity contribution in [1.82, 2.24) is 0 Å². The van der Waals surface area contributed by atoms with Gasteiger partial charge in [0.15, 0.2) is 0 Å². The molecule has 0 fully saturated rings. The van der Waals surface area contributed by atoms with E-state index in [2.05, 4.69) is 146 Å². The van der Waals surface area contributed by atoms with E-state index in [0.717, 1.165) is 0 Å². The van der Waals surface area contributed by atoms with E-state index in [1.807, 2.05) is 0 Å². The van der Waals surface area contributed by atoms with E-state index in [4.69, 9.17) is 0 Å². The van der Waals surface area contributed by atoms with Crippen LogP contribution in [0.15, 0.2) is 146 Å². The summed E-state index contributed by atoms with van der Waals surface area (Å²) in [4.78, 5) is 0. The molecule has 36 heavy (non-hydrogen) atoms. The lowest BCUT2D eigenvalue weighted by Crippen LogP contribution is -1.91. The average molecular weight is 457 g/mol. The van der Waals surface area contributed by atoms with Crippen LogP contribution in [0.25, 0.3) is 65.7 Å². The summed E-state index contributed by atoms with van der Waals surface area (Å²) in [6, 6.07) is 52.8. The van der Waals surface area contributed by atoms with Crippen LogP contribution < -0.4 is 0 Å². The summed E-state index contributed by atoms with van der Waals surface area (Å²) in [6.07, 6.45) is 0. The maximum absolute atomic E-state index is 2.38. The zero-order chi connectivity index (χ0) is 23.9. The lowest BCUT2D eigenvalue weighted by molar-refractivity contribution is 1.63.